The molecule has 5 rings (SSSR count). The summed E-state index contributed by atoms with van der Waals surface area (Å²) in [4.78, 5) is 32.6. The maximum absolute atomic E-state index is 13.5. The van der Waals surface area contributed by atoms with E-state index in [9.17, 15) is 14.7 Å². The molecule has 0 radical (unpaired) electrons. The van der Waals surface area contributed by atoms with Gasteiger partial charge in [-0.3, -0.25) is 14.6 Å². The molecule has 3 heterocycles. The van der Waals surface area contributed by atoms with Crippen molar-refractivity contribution >= 4 is 17.4 Å². The summed E-state index contributed by atoms with van der Waals surface area (Å²) in [5, 5.41) is 11.5. The molecular weight excluding hydrogens is 524 g/mol. The Balaban J connectivity index is 1.60. The molecule has 9 heteroatoms. The monoisotopic (exact) mass is 558 g/mol. The van der Waals surface area contributed by atoms with Gasteiger partial charge in [-0.15, -0.1) is 0 Å². The summed E-state index contributed by atoms with van der Waals surface area (Å²) in [7, 11) is 0. The Hall–Kier alpha value is -4.53. The van der Waals surface area contributed by atoms with Gasteiger partial charge in [0.1, 0.15) is 19.0 Å². The first-order valence-electron chi connectivity index (χ1n) is 13.8. The van der Waals surface area contributed by atoms with E-state index < -0.39 is 17.7 Å². The molecule has 0 spiro atoms. The number of aliphatic hydroxyl groups is 1. The predicted octanol–water partition coefficient (Wildman–Crippen LogP) is 5.30. The fourth-order valence-corrected chi connectivity index (χ4v) is 4.91. The molecule has 1 N–H and O–H groups in total. The van der Waals surface area contributed by atoms with Gasteiger partial charge in [-0.25, -0.2) is 0 Å². The van der Waals surface area contributed by atoms with E-state index in [4.69, 9.17) is 18.9 Å². The second-order valence-electron chi connectivity index (χ2n) is 10.3. The number of rotatable bonds is 10. The lowest BCUT2D eigenvalue weighted by Gasteiger charge is -2.26. The van der Waals surface area contributed by atoms with Gasteiger partial charge in [-0.05, 0) is 66.8 Å². The van der Waals surface area contributed by atoms with E-state index in [1.165, 1.54) is 4.90 Å². The number of benzene rings is 2. The summed E-state index contributed by atoms with van der Waals surface area (Å²) in [6.07, 6.45) is 4.17. The van der Waals surface area contributed by atoms with Crippen LogP contribution in [-0.2, 0) is 16.1 Å². The van der Waals surface area contributed by atoms with Crippen LogP contribution in [-0.4, -0.2) is 53.1 Å². The number of carbonyl (C=O) groups is 2. The Labute approximate surface area is 239 Å². The minimum Gasteiger partial charge on any atom is -0.507 e. The van der Waals surface area contributed by atoms with E-state index in [1.54, 1.807) is 54.9 Å². The maximum Gasteiger partial charge on any atom is 0.295 e. The molecule has 41 heavy (non-hydrogen) atoms. The lowest BCUT2D eigenvalue weighted by atomic mass is 9.94. The smallest absolute Gasteiger partial charge is 0.295 e. The Kier molecular flexibility index (Phi) is 8.42. The van der Waals surface area contributed by atoms with Crippen LogP contribution in [0.5, 0.6) is 23.0 Å². The highest BCUT2D eigenvalue weighted by atomic mass is 16.6. The van der Waals surface area contributed by atoms with Crippen molar-refractivity contribution < 1.29 is 33.6 Å². The number of fused-ring (bicyclic) bond motifs is 1. The van der Waals surface area contributed by atoms with Crippen LogP contribution >= 0.6 is 0 Å². The summed E-state index contributed by atoms with van der Waals surface area (Å²) in [5.74, 6) is 0.785. The molecule has 1 fully saturated rings. The minimum absolute atomic E-state index is 0.0218. The van der Waals surface area contributed by atoms with Crippen LogP contribution in [0.3, 0.4) is 0 Å². The highest BCUT2D eigenvalue weighted by Crippen LogP contribution is 2.43. The Morgan fingerprint density at radius 2 is 1.85 bits per heavy atom. The first-order chi connectivity index (χ1) is 19.9. The minimum atomic E-state index is -0.882. The van der Waals surface area contributed by atoms with Crippen LogP contribution in [0.25, 0.3) is 5.76 Å². The molecular formula is C32H34N2O7. The maximum atomic E-state index is 13.5. The van der Waals surface area contributed by atoms with Gasteiger partial charge in [0.25, 0.3) is 11.7 Å². The molecule has 214 valence electrons. The van der Waals surface area contributed by atoms with Gasteiger partial charge in [0.2, 0.25) is 0 Å². The van der Waals surface area contributed by atoms with Crippen LogP contribution in [0.15, 0.2) is 66.5 Å². The summed E-state index contributed by atoms with van der Waals surface area (Å²) in [5.41, 5.74) is 1.67. The van der Waals surface area contributed by atoms with Crippen molar-refractivity contribution in [1.29, 1.82) is 0 Å². The normalized spacial score (nSPS) is 17.7. The van der Waals surface area contributed by atoms with Crippen LogP contribution in [0.4, 0.5) is 0 Å². The third kappa shape index (κ3) is 5.99. The summed E-state index contributed by atoms with van der Waals surface area (Å²) in [6, 6.07) is 13.0. The van der Waals surface area contributed by atoms with Gasteiger partial charge in [0.05, 0.1) is 24.8 Å². The molecule has 1 unspecified atom stereocenters. The first kappa shape index (κ1) is 28.0. The van der Waals surface area contributed by atoms with Crippen molar-refractivity contribution in [1.82, 2.24) is 9.88 Å². The molecule has 0 aliphatic carbocycles. The van der Waals surface area contributed by atoms with Gasteiger partial charge in [0.15, 0.2) is 23.0 Å². The fraction of sp³-hybridized carbons (Fsp3) is 0.344. The number of aliphatic hydroxyl groups excluding tert-OH is 1. The van der Waals surface area contributed by atoms with Crippen LogP contribution < -0.4 is 18.9 Å². The van der Waals surface area contributed by atoms with Gasteiger partial charge in [-0.1, -0.05) is 26.0 Å². The lowest BCUT2D eigenvalue weighted by molar-refractivity contribution is -0.140. The molecule has 9 nitrogen and oxygen atoms in total. The second kappa shape index (κ2) is 12.3. The first-order valence-corrected chi connectivity index (χ1v) is 13.8. The fourth-order valence-electron chi connectivity index (χ4n) is 4.91. The number of ether oxygens (including phenoxy) is 4. The molecule has 2 aliphatic heterocycles. The zero-order valence-corrected chi connectivity index (χ0v) is 23.5. The number of nitrogens with zero attached hydrogens (tertiary/aromatic N) is 2. The molecule has 0 saturated carbocycles. The second-order valence-corrected chi connectivity index (χ2v) is 10.3. The van der Waals surface area contributed by atoms with Crippen LogP contribution in [0, 0.1) is 5.92 Å². The standard InChI is InChI=1S/C32H34N2O7/c1-4-38-26-16-22(7-9-24(26)39-13-11-20(2)3)29-28(30(35)23-8-10-25-27(17-23)41-15-14-40-25)31(36)32(37)34(29)19-21-6-5-12-33-18-21/h5-10,12,16-18,20,29,35H,4,11,13-15,19H2,1-3H3/b30-28+. The number of aromatic nitrogens is 1. The molecule has 1 amide bonds. The summed E-state index contributed by atoms with van der Waals surface area (Å²) >= 11 is 0. The van der Waals surface area contributed by atoms with E-state index in [0.717, 1.165) is 12.0 Å². The zero-order valence-electron chi connectivity index (χ0n) is 23.5. The number of likely N-dealkylation sites (tertiary alicyclic amines) is 1. The van der Waals surface area contributed by atoms with Gasteiger partial charge in [-0.2, -0.15) is 0 Å². The molecule has 0 bridgehead atoms. The van der Waals surface area contributed by atoms with Crippen molar-refractivity contribution in [3.63, 3.8) is 0 Å². The Morgan fingerprint density at radius 3 is 2.59 bits per heavy atom. The molecule has 1 saturated heterocycles. The molecule has 1 aromatic heterocycles. The largest absolute Gasteiger partial charge is 0.507 e. The summed E-state index contributed by atoms with van der Waals surface area (Å²) in [6.45, 7) is 7.98. The topological polar surface area (TPSA) is 107 Å². The van der Waals surface area contributed by atoms with Crippen molar-refractivity contribution in [3.05, 3.63) is 83.2 Å². The van der Waals surface area contributed by atoms with Crippen LogP contribution in [0.1, 0.15) is 49.9 Å². The Morgan fingerprint density at radius 1 is 1.05 bits per heavy atom. The van der Waals surface area contributed by atoms with E-state index in [1.807, 2.05) is 13.0 Å². The number of Topliss-reactive ketones (excluding diaryl/α,β-unsaturated/α-hetero) is 1. The number of hydrogen-bond donors (Lipinski definition) is 1. The van der Waals surface area contributed by atoms with E-state index in [-0.39, 0.29) is 17.9 Å². The molecule has 2 aliphatic rings. The molecule has 2 aromatic carbocycles. The quantitative estimate of drug-likeness (QED) is 0.203. The van der Waals surface area contributed by atoms with E-state index in [0.29, 0.717) is 66.5 Å². The van der Waals surface area contributed by atoms with Crippen LogP contribution in [0.2, 0.25) is 0 Å². The van der Waals surface area contributed by atoms with Crippen molar-refractivity contribution in [2.24, 2.45) is 5.92 Å². The number of amides is 1. The van der Waals surface area contributed by atoms with Crippen molar-refractivity contribution in [2.45, 2.75) is 39.8 Å². The molecule has 1 atom stereocenters. The zero-order chi connectivity index (χ0) is 28.9. The predicted molar refractivity (Wildman–Crippen MR) is 152 cm³/mol. The lowest BCUT2D eigenvalue weighted by Crippen LogP contribution is -2.29. The third-order valence-corrected chi connectivity index (χ3v) is 6.97. The average Bonchev–Trinajstić information content (AvgIpc) is 3.22. The van der Waals surface area contributed by atoms with Gasteiger partial charge >= 0.3 is 0 Å². The highest BCUT2D eigenvalue weighted by molar-refractivity contribution is 6.46. The SMILES string of the molecule is CCOc1cc(C2/C(=C(\O)c3ccc4c(c3)OCCO4)C(=O)C(=O)N2Cc2cccnc2)ccc1OCCC(C)C. The summed E-state index contributed by atoms with van der Waals surface area (Å²) < 4.78 is 23.2. The van der Waals surface area contributed by atoms with E-state index in [2.05, 4.69) is 18.8 Å². The number of ketones is 1. The van der Waals surface area contributed by atoms with E-state index >= 15 is 0 Å². The number of pyridine rings is 1. The Bertz CT molecular complexity index is 1450. The average molecular weight is 559 g/mol. The van der Waals surface area contributed by atoms with Gasteiger partial charge in [0, 0.05) is 24.5 Å². The molecule has 3 aromatic rings. The van der Waals surface area contributed by atoms with Gasteiger partial charge < -0.3 is 29.0 Å². The highest BCUT2D eigenvalue weighted by Gasteiger charge is 2.46. The third-order valence-electron chi connectivity index (χ3n) is 6.97. The van der Waals surface area contributed by atoms with Crippen molar-refractivity contribution in [2.75, 3.05) is 26.4 Å². The number of carbonyl (C=O) groups excluding carboxylic acids is 2. The number of hydrogen-bond acceptors (Lipinski definition) is 8. The van der Waals surface area contributed by atoms with Crippen molar-refractivity contribution in [3.8, 4) is 23.0 Å².